The third kappa shape index (κ3) is 6.71. The molecular weight excluding hydrogens is 515 g/mol. The number of aromatic nitrogens is 3. The summed E-state index contributed by atoms with van der Waals surface area (Å²) in [4.78, 5) is 18.0. The summed E-state index contributed by atoms with van der Waals surface area (Å²) < 4.78 is 26.7. The summed E-state index contributed by atoms with van der Waals surface area (Å²) in [5, 5.41) is 15.9. The maximum atomic E-state index is 13.8. The van der Waals surface area contributed by atoms with Gasteiger partial charge < -0.3 is 10.2 Å². The average molecular weight is 549 g/mol. The number of rotatable bonds is 5. The number of pyridine rings is 1. The maximum absolute atomic E-state index is 13.8. The van der Waals surface area contributed by atoms with E-state index in [0.29, 0.717) is 0 Å². The van der Waals surface area contributed by atoms with Crippen molar-refractivity contribution in [3.63, 3.8) is 0 Å². The Hall–Kier alpha value is -3.58. The van der Waals surface area contributed by atoms with Crippen LogP contribution in [0.2, 0.25) is 0 Å². The molecule has 39 heavy (non-hydrogen) atoms. The Morgan fingerprint density at radius 2 is 1.79 bits per heavy atom. The van der Waals surface area contributed by atoms with Crippen LogP contribution < -0.4 is 10.2 Å². The number of amides is 1. The molecule has 8 nitrogen and oxygen atoms in total. The molecule has 0 unspecified atom stereocenters. The summed E-state index contributed by atoms with van der Waals surface area (Å²) in [6.45, 7) is 1.64. The van der Waals surface area contributed by atoms with Crippen LogP contribution >= 0.6 is 0 Å². The van der Waals surface area contributed by atoms with Gasteiger partial charge in [-0.2, -0.15) is 10.4 Å². The SMILES string of the molecule is N#CC1(NC(=O)C2CCCCC2)CC1.O=S1CCN(c2ccc(-c3cnn(-c4ncccc4F)c3)cc2)CC1. The topological polar surface area (TPSA) is 104 Å². The lowest BCUT2D eigenvalue weighted by atomic mass is 9.88. The molecule has 3 heterocycles. The molecule has 0 radical (unpaired) electrons. The predicted octanol–water partition coefficient (Wildman–Crippen LogP) is 4.38. The predicted molar refractivity (Wildman–Crippen MR) is 149 cm³/mol. The highest BCUT2D eigenvalue weighted by atomic mass is 32.2. The molecule has 204 valence electrons. The fourth-order valence-corrected chi connectivity index (χ4v) is 6.04. The third-order valence-electron chi connectivity index (χ3n) is 7.58. The van der Waals surface area contributed by atoms with Gasteiger partial charge in [0, 0.05) is 65.0 Å². The van der Waals surface area contributed by atoms with Gasteiger partial charge in [-0.05, 0) is 55.5 Å². The first-order chi connectivity index (χ1) is 19.0. The number of nitrogens with zero attached hydrogens (tertiary/aromatic N) is 5. The molecule has 2 saturated carbocycles. The van der Waals surface area contributed by atoms with Crippen LogP contribution in [0, 0.1) is 23.1 Å². The van der Waals surface area contributed by atoms with Crippen LogP contribution in [0.4, 0.5) is 10.1 Å². The summed E-state index contributed by atoms with van der Waals surface area (Å²) in [6, 6.07) is 13.3. The highest BCUT2D eigenvalue weighted by Gasteiger charge is 2.45. The van der Waals surface area contributed by atoms with Gasteiger partial charge >= 0.3 is 0 Å². The van der Waals surface area contributed by atoms with Crippen LogP contribution in [0.25, 0.3) is 16.9 Å². The van der Waals surface area contributed by atoms with Crippen molar-refractivity contribution in [3.8, 4) is 23.0 Å². The Kier molecular flexibility index (Phi) is 8.36. The van der Waals surface area contributed by atoms with Gasteiger partial charge in [0.15, 0.2) is 11.6 Å². The van der Waals surface area contributed by atoms with Crippen molar-refractivity contribution >= 4 is 22.4 Å². The minimum absolute atomic E-state index is 0.115. The molecule has 6 rings (SSSR count). The van der Waals surface area contributed by atoms with Gasteiger partial charge in [0.1, 0.15) is 5.54 Å². The average Bonchev–Trinajstić information content (AvgIpc) is 3.58. The van der Waals surface area contributed by atoms with Crippen molar-refractivity contribution in [1.82, 2.24) is 20.1 Å². The molecule has 3 aromatic rings. The number of halogens is 1. The molecule has 1 aliphatic heterocycles. The van der Waals surface area contributed by atoms with Crippen molar-refractivity contribution in [2.45, 2.75) is 50.5 Å². The molecule has 2 aromatic heterocycles. The summed E-state index contributed by atoms with van der Waals surface area (Å²) in [7, 11) is -0.676. The minimum Gasteiger partial charge on any atom is -0.370 e. The Labute approximate surface area is 230 Å². The van der Waals surface area contributed by atoms with Crippen molar-refractivity contribution in [1.29, 1.82) is 5.26 Å². The Balaban J connectivity index is 0.000000186. The van der Waals surface area contributed by atoms with E-state index in [1.165, 1.54) is 17.2 Å². The number of anilines is 1. The lowest BCUT2D eigenvalue weighted by Gasteiger charge is -2.28. The second kappa shape index (κ2) is 12.1. The van der Waals surface area contributed by atoms with Gasteiger partial charge in [0.25, 0.3) is 0 Å². The Bertz CT molecular complexity index is 1350. The van der Waals surface area contributed by atoms with E-state index in [-0.39, 0.29) is 17.6 Å². The minimum atomic E-state index is -0.676. The number of hydrogen-bond acceptors (Lipinski definition) is 6. The van der Waals surface area contributed by atoms with Crippen molar-refractivity contribution in [2.24, 2.45) is 5.92 Å². The van der Waals surface area contributed by atoms with Gasteiger partial charge in [-0.3, -0.25) is 9.00 Å². The number of hydrogen-bond donors (Lipinski definition) is 1. The molecule has 3 fully saturated rings. The van der Waals surface area contributed by atoms with Gasteiger partial charge in [0.2, 0.25) is 5.91 Å². The molecular formula is C29H33FN6O2S. The molecule has 1 saturated heterocycles. The lowest BCUT2D eigenvalue weighted by Crippen LogP contribution is -2.40. The maximum Gasteiger partial charge on any atom is 0.224 e. The van der Waals surface area contributed by atoms with E-state index in [0.717, 1.165) is 79.9 Å². The smallest absolute Gasteiger partial charge is 0.224 e. The molecule has 0 atom stereocenters. The van der Waals surface area contributed by atoms with Crippen molar-refractivity contribution < 1.29 is 13.4 Å². The Morgan fingerprint density at radius 1 is 1.08 bits per heavy atom. The fourth-order valence-electron chi connectivity index (χ4n) is 4.99. The second-order valence-electron chi connectivity index (χ2n) is 10.4. The molecule has 1 amide bonds. The zero-order chi connectivity index (χ0) is 27.2. The van der Waals surface area contributed by atoms with E-state index in [1.807, 2.05) is 12.1 Å². The van der Waals surface area contributed by atoms with E-state index in [9.17, 15) is 13.4 Å². The highest BCUT2D eigenvalue weighted by molar-refractivity contribution is 7.85. The molecule has 2 aliphatic carbocycles. The highest BCUT2D eigenvalue weighted by Crippen LogP contribution is 2.35. The van der Waals surface area contributed by atoms with Crippen molar-refractivity contribution in [2.75, 3.05) is 29.5 Å². The zero-order valence-corrected chi connectivity index (χ0v) is 22.7. The number of carbonyl (C=O) groups excluding carboxylic acids is 1. The van der Waals surface area contributed by atoms with Crippen LogP contribution in [0.3, 0.4) is 0 Å². The summed E-state index contributed by atoms with van der Waals surface area (Å²) >= 11 is 0. The summed E-state index contributed by atoms with van der Waals surface area (Å²) in [6.07, 6.45) is 12.3. The number of nitrogens with one attached hydrogen (secondary N) is 1. The van der Waals surface area contributed by atoms with Crippen LogP contribution in [0.5, 0.6) is 0 Å². The van der Waals surface area contributed by atoms with Crippen LogP contribution in [0.15, 0.2) is 55.0 Å². The van der Waals surface area contributed by atoms with Crippen molar-refractivity contribution in [3.05, 3.63) is 60.8 Å². The first-order valence-corrected chi connectivity index (χ1v) is 15.0. The van der Waals surface area contributed by atoms with E-state index >= 15 is 0 Å². The van der Waals surface area contributed by atoms with Crippen LogP contribution in [0.1, 0.15) is 44.9 Å². The summed E-state index contributed by atoms with van der Waals surface area (Å²) in [5.74, 6) is 1.52. The van der Waals surface area contributed by atoms with Gasteiger partial charge in [-0.15, -0.1) is 0 Å². The Morgan fingerprint density at radius 3 is 2.44 bits per heavy atom. The van der Waals surface area contributed by atoms with Crippen LogP contribution in [-0.2, 0) is 15.6 Å². The van der Waals surface area contributed by atoms with Gasteiger partial charge in [-0.1, -0.05) is 31.4 Å². The normalized spacial score (nSPS) is 18.9. The number of carbonyl (C=O) groups is 1. The zero-order valence-electron chi connectivity index (χ0n) is 21.9. The van der Waals surface area contributed by atoms with Gasteiger partial charge in [0.05, 0.1) is 12.3 Å². The van der Waals surface area contributed by atoms with Crippen LogP contribution in [-0.4, -0.2) is 55.0 Å². The molecule has 0 bridgehead atoms. The largest absolute Gasteiger partial charge is 0.370 e. The second-order valence-corrected chi connectivity index (χ2v) is 12.1. The fraction of sp³-hybridized carbons (Fsp3) is 0.448. The molecule has 3 aliphatic rings. The monoisotopic (exact) mass is 548 g/mol. The van der Waals surface area contributed by atoms with E-state index < -0.39 is 22.2 Å². The van der Waals surface area contributed by atoms with Gasteiger partial charge in [-0.25, -0.2) is 14.1 Å². The molecule has 1 aromatic carbocycles. The standard InChI is InChI=1S/C18H17FN4OS.C11H16N2O/c19-17-2-1-7-20-18(17)23-13-15(12-21-23)14-3-5-16(6-4-14)22-8-10-25(24)11-9-22;12-8-11(6-7-11)13-10(14)9-4-2-1-3-5-9/h1-7,12-13H,8-11H2;9H,1-7H2,(H,13,14). The first kappa shape index (κ1) is 27.0. The molecule has 10 heteroatoms. The third-order valence-corrected chi connectivity index (χ3v) is 8.86. The molecule has 1 N–H and O–H groups in total. The first-order valence-electron chi connectivity index (χ1n) is 13.6. The number of benzene rings is 1. The lowest BCUT2D eigenvalue weighted by molar-refractivity contribution is -0.126. The van der Waals surface area contributed by atoms with E-state index in [1.54, 1.807) is 24.7 Å². The van der Waals surface area contributed by atoms with E-state index in [4.69, 9.17) is 5.26 Å². The number of nitriles is 1. The van der Waals surface area contributed by atoms with E-state index in [2.05, 4.69) is 38.5 Å². The summed E-state index contributed by atoms with van der Waals surface area (Å²) in [5.41, 5.74) is 2.56. The molecule has 0 spiro atoms. The quantitative estimate of drug-likeness (QED) is 0.508.